The van der Waals surface area contributed by atoms with Gasteiger partial charge in [-0.1, -0.05) is 73.3 Å². The lowest BCUT2D eigenvalue weighted by molar-refractivity contribution is 1.09. The topological polar surface area (TPSA) is 66.5 Å². The number of nitrogens with one attached hydrogen (secondary N) is 2. The van der Waals surface area contributed by atoms with Crippen LogP contribution in [0.4, 0.5) is 11.5 Å². The van der Waals surface area contributed by atoms with E-state index >= 15 is 0 Å². The molecule has 4 aromatic rings. The van der Waals surface area contributed by atoms with Crippen LogP contribution in [0.1, 0.15) is 12.5 Å². The molecule has 0 aliphatic heterocycles. The summed E-state index contributed by atoms with van der Waals surface area (Å²) in [4.78, 5) is 8.74. The second kappa shape index (κ2) is 8.35. The minimum absolute atomic E-state index is 0.630. The van der Waals surface area contributed by atoms with E-state index in [1.807, 2.05) is 54.6 Å². The monoisotopic (exact) mass is 379 g/mol. The van der Waals surface area contributed by atoms with Crippen LogP contribution in [0.5, 0.6) is 0 Å². The number of hydrogen-bond donors (Lipinski definition) is 2. The molecule has 0 fully saturated rings. The van der Waals surface area contributed by atoms with Gasteiger partial charge in [-0.3, -0.25) is 5.10 Å². The standard InChI is InChI=1S/C24H21N5/c1-3-4-6-9-17(2)18-12-14-20(15-13-18)27-23-21-22(19-10-7-5-8-11-19)28-29-24(21)26-16-25-23/h3-16H,1H2,2H3,(H2,25,26,27,28,29)/b6-4-,17-9+. The van der Waals surface area contributed by atoms with Crippen molar-refractivity contribution in [2.45, 2.75) is 6.92 Å². The predicted molar refractivity (Wildman–Crippen MR) is 120 cm³/mol. The third-order valence-corrected chi connectivity index (χ3v) is 4.61. The molecule has 29 heavy (non-hydrogen) atoms. The summed E-state index contributed by atoms with van der Waals surface area (Å²) in [5.74, 6) is 0.719. The molecule has 2 heterocycles. The lowest BCUT2D eigenvalue weighted by atomic mass is 10.1. The molecule has 0 bridgehead atoms. The van der Waals surface area contributed by atoms with Crippen LogP contribution >= 0.6 is 0 Å². The van der Waals surface area contributed by atoms with Crippen molar-refractivity contribution in [1.82, 2.24) is 20.2 Å². The van der Waals surface area contributed by atoms with Crippen molar-refractivity contribution in [3.05, 3.63) is 97.4 Å². The first-order valence-electron chi connectivity index (χ1n) is 9.34. The van der Waals surface area contributed by atoms with Crippen LogP contribution in [0.2, 0.25) is 0 Å². The van der Waals surface area contributed by atoms with Crippen molar-refractivity contribution in [2.24, 2.45) is 0 Å². The van der Waals surface area contributed by atoms with Crippen LogP contribution in [0, 0.1) is 0 Å². The highest BCUT2D eigenvalue weighted by atomic mass is 15.2. The van der Waals surface area contributed by atoms with E-state index in [1.54, 1.807) is 6.08 Å². The number of anilines is 2. The predicted octanol–water partition coefficient (Wildman–Crippen LogP) is 5.91. The van der Waals surface area contributed by atoms with Crippen molar-refractivity contribution in [3.63, 3.8) is 0 Å². The van der Waals surface area contributed by atoms with Crippen molar-refractivity contribution in [1.29, 1.82) is 0 Å². The Morgan fingerprint density at radius 3 is 2.55 bits per heavy atom. The highest BCUT2D eigenvalue weighted by molar-refractivity contribution is 5.99. The Balaban J connectivity index is 1.65. The molecule has 0 spiro atoms. The minimum Gasteiger partial charge on any atom is -0.339 e. The second-order valence-corrected chi connectivity index (χ2v) is 6.56. The molecule has 5 nitrogen and oxygen atoms in total. The van der Waals surface area contributed by atoms with Crippen molar-refractivity contribution in [2.75, 3.05) is 5.32 Å². The van der Waals surface area contributed by atoms with Crippen molar-refractivity contribution in [3.8, 4) is 11.3 Å². The highest BCUT2D eigenvalue weighted by Crippen LogP contribution is 2.31. The number of H-pyrrole nitrogens is 1. The number of benzene rings is 2. The molecule has 5 heteroatoms. The van der Waals surface area contributed by atoms with Crippen LogP contribution in [-0.4, -0.2) is 20.2 Å². The first-order valence-corrected chi connectivity index (χ1v) is 9.34. The van der Waals surface area contributed by atoms with Crippen LogP contribution in [-0.2, 0) is 0 Å². The largest absolute Gasteiger partial charge is 0.339 e. The molecule has 4 rings (SSSR count). The number of allylic oxidation sites excluding steroid dienone is 5. The molecule has 0 atom stereocenters. The zero-order valence-corrected chi connectivity index (χ0v) is 16.1. The molecular formula is C24H21N5. The van der Waals surface area contributed by atoms with Crippen LogP contribution in [0.3, 0.4) is 0 Å². The summed E-state index contributed by atoms with van der Waals surface area (Å²) < 4.78 is 0. The number of aromatic amines is 1. The van der Waals surface area contributed by atoms with E-state index in [0.29, 0.717) is 5.65 Å². The normalized spacial score (nSPS) is 11.8. The van der Waals surface area contributed by atoms with Gasteiger partial charge in [-0.2, -0.15) is 5.10 Å². The summed E-state index contributed by atoms with van der Waals surface area (Å²) >= 11 is 0. The van der Waals surface area contributed by atoms with E-state index in [-0.39, 0.29) is 0 Å². The lowest BCUT2D eigenvalue weighted by Gasteiger charge is -2.09. The highest BCUT2D eigenvalue weighted by Gasteiger charge is 2.14. The average molecular weight is 379 g/mol. The third-order valence-electron chi connectivity index (χ3n) is 4.61. The molecule has 142 valence electrons. The van der Waals surface area contributed by atoms with E-state index in [9.17, 15) is 0 Å². The fourth-order valence-corrected chi connectivity index (χ4v) is 3.09. The number of aromatic nitrogens is 4. The minimum atomic E-state index is 0.630. The van der Waals surface area contributed by atoms with Gasteiger partial charge in [0.15, 0.2) is 5.65 Å². The molecule has 2 aromatic carbocycles. The van der Waals surface area contributed by atoms with Crippen molar-refractivity contribution < 1.29 is 0 Å². The molecule has 0 amide bonds. The van der Waals surface area contributed by atoms with Gasteiger partial charge >= 0.3 is 0 Å². The first kappa shape index (κ1) is 18.4. The van der Waals surface area contributed by atoms with Gasteiger partial charge in [-0.05, 0) is 30.2 Å². The van der Waals surface area contributed by atoms with Gasteiger partial charge in [0, 0.05) is 11.3 Å². The summed E-state index contributed by atoms with van der Waals surface area (Å²) in [6, 6.07) is 18.3. The van der Waals surface area contributed by atoms with Crippen LogP contribution < -0.4 is 5.32 Å². The fraction of sp³-hybridized carbons (Fsp3) is 0.0417. The molecule has 0 aliphatic carbocycles. The Labute approximate surface area is 169 Å². The molecule has 0 saturated carbocycles. The van der Waals surface area contributed by atoms with E-state index < -0.39 is 0 Å². The summed E-state index contributed by atoms with van der Waals surface area (Å²) in [6.07, 6.45) is 9.24. The maximum atomic E-state index is 4.46. The van der Waals surface area contributed by atoms with Gasteiger partial charge in [0.2, 0.25) is 0 Å². The fourth-order valence-electron chi connectivity index (χ4n) is 3.09. The molecule has 2 aromatic heterocycles. The molecule has 0 unspecified atom stereocenters. The molecule has 2 N–H and O–H groups in total. The average Bonchev–Trinajstić information content (AvgIpc) is 3.20. The zero-order chi connectivity index (χ0) is 20.1. The number of nitrogens with zero attached hydrogens (tertiary/aromatic N) is 3. The van der Waals surface area contributed by atoms with Crippen molar-refractivity contribution >= 4 is 28.1 Å². The summed E-state index contributed by atoms with van der Waals surface area (Å²) in [7, 11) is 0. The van der Waals surface area contributed by atoms with E-state index in [2.05, 4.69) is 57.2 Å². The third kappa shape index (κ3) is 3.99. The van der Waals surface area contributed by atoms with Gasteiger partial charge in [-0.15, -0.1) is 0 Å². The van der Waals surface area contributed by atoms with E-state index in [0.717, 1.165) is 33.7 Å². The zero-order valence-electron chi connectivity index (χ0n) is 16.1. The molecule has 0 aliphatic rings. The van der Waals surface area contributed by atoms with Gasteiger partial charge in [0.25, 0.3) is 0 Å². The number of fused-ring (bicyclic) bond motifs is 1. The van der Waals surface area contributed by atoms with Crippen LogP contribution in [0.15, 0.2) is 91.8 Å². The summed E-state index contributed by atoms with van der Waals surface area (Å²) in [6.45, 7) is 5.77. The van der Waals surface area contributed by atoms with Gasteiger partial charge in [0.05, 0.1) is 11.1 Å². The Hall–Kier alpha value is -3.99. The molecular weight excluding hydrogens is 358 g/mol. The second-order valence-electron chi connectivity index (χ2n) is 6.56. The Morgan fingerprint density at radius 2 is 1.79 bits per heavy atom. The Morgan fingerprint density at radius 1 is 1.00 bits per heavy atom. The van der Waals surface area contributed by atoms with E-state index in [4.69, 9.17) is 0 Å². The smallest absolute Gasteiger partial charge is 0.186 e. The summed E-state index contributed by atoms with van der Waals surface area (Å²) in [5.41, 5.74) is 5.85. The first-order chi connectivity index (χ1) is 14.3. The lowest BCUT2D eigenvalue weighted by Crippen LogP contribution is -1.96. The van der Waals surface area contributed by atoms with Gasteiger partial charge < -0.3 is 5.32 Å². The summed E-state index contributed by atoms with van der Waals surface area (Å²) in [5, 5.41) is 11.7. The van der Waals surface area contributed by atoms with Gasteiger partial charge in [-0.25, -0.2) is 9.97 Å². The quantitative estimate of drug-likeness (QED) is 0.409. The Kier molecular flexibility index (Phi) is 5.29. The maximum Gasteiger partial charge on any atom is 0.186 e. The molecule has 0 radical (unpaired) electrons. The number of hydrogen-bond acceptors (Lipinski definition) is 4. The van der Waals surface area contributed by atoms with Gasteiger partial charge in [0.1, 0.15) is 12.1 Å². The SMILES string of the molecule is C=C/C=C\C=C(/C)c1ccc(Nc2ncnc3n[nH]c(-c4ccccc4)c23)cc1. The number of rotatable bonds is 6. The molecule has 0 saturated heterocycles. The Bertz CT molecular complexity index is 1190. The maximum absolute atomic E-state index is 4.46. The van der Waals surface area contributed by atoms with Crippen LogP contribution in [0.25, 0.3) is 27.9 Å². The van der Waals surface area contributed by atoms with E-state index in [1.165, 1.54) is 11.9 Å².